The maximum Gasteiger partial charge on any atom is 0.305 e. The van der Waals surface area contributed by atoms with E-state index >= 15 is 0 Å². The second-order valence-corrected chi connectivity index (χ2v) is 3.10. The second kappa shape index (κ2) is 4.42. The van der Waals surface area contributed by atoms with E-state index in [0.717, 1.165) is 6.54 Å². The molecule has 0 radical (unpaired) electrons. The van der Waals surface area contributed by atoms with E-state index in [1.165, 1.54) is 7.11 Å². The predicted molar refractivity (Wildman–Crippen MR) is 43.6 cm³/mol. The lowest BCUT2D eigenvalue weighted by molar-refractivity contribution is -0.141. The Bertz CT molecular complexity index is 160. The van der Waals surface area contributed by atoms with Crippen LogP contribution in [0.4, 0.5) is 0 Å². The first-order valence-corrected chi connectivity index (χ1v) is 4.19. The summed E-state index contributed by atoms with van der Waals surface area (Å²) in [6.07, 6.45) is 0.815. The molecule has 0 aliphatic carbocycles. The van der Waals surface area contributed by atoms with Crippen molar-refractivity contribution in [3.05, 3.63) is 0 Å². The van der Waals surface area contributed by atoms with Crippen LogP contribution in [-0.4, -0.2) is 37.4 Å². The lowest BCUT2D eigenvalue weighted by atomic mass is 10.0. The largest absolute Gasteiger partial charge is 0.469 e. The molecule has 0 saturated carbocycles. The first-order valence-electron chi connectivity index (χ1n) is 4.19. The molecule has 70 valence electrons. The highest BCUT2D eigenvalue weighted by molar-refractivity contribution is 5.69. The number of ether oxygens (including phenoxy) is 1. The maximum atomic E-state index is 10.8. The highest BCUT2D eigenvalue weighted by Crippen LogP contribution is 2.15. The van der Waals surface area contributed by atoms with Gasteiger partial charge in [0, 0.05) is 19.5 Å². The number of methoxy groups -OCH3 is 1. The molecular weight excluding hydrogens is 158 g/mol. The van der Waals surface area contributed by atoms with Crippen molar-refractivity contribution in [3.63, 3.8) is 0 Å². The molecule has 1 aliphatic rings. The van der Waals surface area contributed by atoms with Crippen LogP contribution in [0.1, 0.15) is 12.8 Å². The van der Waals surface area contributed by atoms with Gasteiger partial charge in [-0.05, 0) is 12.3 Å². The number of hydrogen-bond donors (Lipinski definition) is 2. The molecule has 0 bridgehead atoms. The van der Waals surface area contributed by atoms with Crippen molar-refractivity contribution < 1.29 is 14.6 Å². The fraction of sp³-hybridized carbons (Fsp3) is 0.875. The van der Waals surface area contributed by atoms with Crippen molar-refractivity contribution in [1.82, 2.24) is 5.32 Å². The molecule has 2 unspecified atom stereocenters. The fourth-order valence-electron chi connectivity index (χ4n) is 1.42. The minimum Gasteiger partial charge on any atom is -0.469 e. The Morgan fingerprint density at radius 2 is 2.42 bits per heavy atom. The molecule has 1 saturated heterocycles. The summed E-state index contributed by atoms with van der Waals surface area (Å²) in [5.41, 5.74) is 0. The Morgan fingerprint density at radius 1 is 1.67 bits per heavy atom. The van der Waals surface area contributed by atoms with Crippen LogP contribution in [0.2, 0.25) is 0 Å². The SMILES string of the molecule is COC(=O)CCC1CNCC1O. The number of aliphatic hydroxyl groups is 1. The summed E-state index contributed by atoms with van der Waals surface area (Å²) in [6.45, 7) is 1.45. The van der Waals surface area contributed by atoms with Gasteiger partial charge in [0.15, 0.2) is 0 Å². The first-order chi connectivity index (χ1) is 5.74. The third-order valence-corrected chi connectivity index (χ3v) is 2.25. The van der Waals surface area contributed by atoms with Gasteiger partial charge >= 0.3 is 5.97 Å². The molecule has 0 aromatic rings. The van der Waals surface area contributed by atoms with Crippen LogP contribution in [0.25, 0.3) is 0 Å². The molecule has 0 amide bonds. The second-order valence-electron chi connectivity index (χ2n) is 3.10. The van der Waals surface area contributed by atoms with Crippen LogP contribution in [-0.2, 0) is 9.53 Å². The van der Waals surface area contributed by atoms with E-state index in [1.54, 1.807) is 0 Å². The molecule has 1 aliphatic heterocycles. The lowest BCUT2D eigenvalue weighted by Crippen LogP contribution is -2.19. The molecule has 0 aromatic carbocycles. The molecule has 12 heavy (non-hydrogen) atoms. The van der Waals surface area contributed by atoms with Crippen molar-refractivity contribution in [2.45, 2.75) is 18.9 Å². The van der Waals surface area contributed by atoms with Crippen molar-refractivity contribution in [2.24, 2.45) is 5.92 Å². The summed E-state index contributed by atoms with van der Waals surface area (Å²) < 4.78 is 4.50. The van der Waals surface area contributed by atoms with Gasteiger partial charge in [-0.25, -0.2) is 0 Å². The average Bonchev–Trinajstić information content (AvgIpc) is 2.47. The zero-order valence-electron chi connectivity index (χ0n) is 7.25. The zero-order valence-corrected chi connectivity index (χ0v) is 7.25. The van der Waals surface area contributed by atoms with Gasteiger partial charge in [-0.2, -0.15) is 0 Å². The maximum absolute atomic E-state index is 10.8. The third kappa shape index (κ3) is 2.46. The molecule has 0 aromatic heterocycles. The molecule has 0 spiro atoms. The van der Waals surface area contributed by atoms with Crippen LogP contribution in [0.3, 0.4) is 0 Å². The number of rotatable bonds is 3. The van der Waals surface area contributed by atoms with Gasteiger partial charge in [0.2, 0.25) is 0 Å². The predicted octanol–water partition coefficient (Wildman–Crippen LogP) is -0.480. The standard InChI is InChI=1S/C8H15NO3/c1-12-8(11)3-2-6-4-9-5-7(6)10/h6-7,9-10H,2-5H2,1H3. The van der Waals surface area contributed by atoms with E-state index in [1.807, 2.05) is 0 Å². The van der Waals surface area contributed by atoms with Crippen molar-refractivity contribution in [3.8, 4) is 0 Å². The van der Waals surface area contributed by atoms with Crippen LogP contribution in [0.5, 0.6) is 0 Å². The normalized spacial score (nSPS) is 28.8. The lowest BCUT2D eigenvalue weighted by Gasteiger charge is -2.11. The minimum atomic E-state index is -0.297. The summed E-state index contributed by atoms with van der Waals surface area (Å²) in [5.74, 6) is 0.0122. The number of esters is 1. The van der Waals surface area contributed by atoms with E-state index in [-0.39, 0.29) is 18.0 Å². The topological polar surface area (TPSA) is 58.6 Å². The van der Waals surface area contributed by atoms with E-state index in [2.05, 4.69) is 10.1 Å². The summed E-state index contributed by atoms with van der Waals surface area (Å²) in [4.78, 5) is 10.8. The third-order valence-electron chi connectivity index (χ3n) is 2.25. The summed E-state index contributed by atoms with van der Waals surface area (Å²) in [6, 6.07) is 0. The monoisotopic (exact) mass is 173 g/mol. The molecular formula is C8H15NO3. The van der Waals surface area contributed by atoms with E-state index in [4.69, 9.17) is 0 Å². The Labute approximate surface area is 71.9 Å². The van der Waals surface area contributed by atoms with E-state index in [9.17, 15) is 9.90 Å². The molecule has 4 nitrogen and oxygen atoms in total. The molecule has 2 atom stereocenters. The molecule has 1 heterocycles. The van der Waals surface area contributed by atoms with Crippen molar-refractivity contribution >= 4 is 5.97 Å². The fourth-order valence-corrected chi connectivity index (χ4v) is 1.42. The average molecular weight is 173 g/mol. The Morgan fingerprint density at radius 3 is 2.92 bits per heavy atom. The van der Waals surface area contributed by atoms with Crippen LogP contribution >= 0.6 is 0 Å². The number of aliphatic hydroxyl groups excluding tert-OH is 1. The van der Waals surface area contributed by atoms with Gasteiger partial charge in [-0.15, -0.1) is 0 Å². The quantitative estimate of drug-likeness (QED) is 0.566. The van der Waals surface area contributed by atoms with Crippen LogP contribution in [0.15, 0.2) is 0 Å². The summed E-state index contributed by atoms with van der Waals surface area (Å²) in [7, 11) is 1.38. The summed E-state index contributed by atoms with van der Waals surface area (Å²) in [5, 5.41) is 12.4. The van der Waals surface area contributed by atoms with Gasteiger partial charge in [-0.3, -0.25) is 4.79 Å². The van der Waals surface area contributed by atoms with Crippen LogP contribution in [0, 0.1) is 5.92 Å². The van der Waals surface area contributed by atoms with E-state index < -0.39 is 0 Å². The van der Waals surface area contributed by atoms with Gasteiger partial charge in [0.25, 0.3) is 0 Å². The van der Waals surface area contributed by atoms with Gasteiger partial charge < -0.3 is 15.2 Å². The van der Waals surface area contributed by atoms with Crippen molar-refractivity contribution in [2.75, 3.05) is 20.2 Å². The Balaban J connectivity index is 2.18. The Hall–Kier alpha value is -0.610. The minimum absolute atomic E-state index is 0.200. The molecule has 1 rings (SSSR count). The smallest absolute Gasteiger partial charge is 0.305 e. The summed E-state index contributed by atoms with van der Waals surface area (Å²) >= 11 is 0. The zero-order chi connectivity index (χ0) is 8.97. The number of nitrogens with one attached hydrogen (secondary N) is 1. The number of hydrogen-bond acceptors (Lipinski definition) is 4. The van der Waals surface area contributed by atoms with Crippen LogP contribution < -0.4 is 5.32 Å². The number of β-amino-alcohol motifs (C(OH)–C–C–N with tert-alkyl or cyclic N) is 1. The van der Waals surface area contributed by atoms with Gasteiger partial charge in [0.05, 0.1) is 13.2 Å². The molecule has 1 fully saturated rings. The van der Waals surface area contributed by atoms with Crippen molar-refractivity contribution in [1.29, 1.82) is 0 Å². The first kappa shape index (κ1) is 9.48. The highest BCUT2D eigenvalue weighted by atomic mass is 16.5. The Kier molecular flexibility index (Phi) is 3.49. The van der Waals surface area contributed by atoms with E-state index in [0.29, 0.717) is 19.4 Å². The molecule has 4 heteroatoms. The number of carbonyl (C=O) groups is 1. The number of carbonyl (C=O) groups excluding carboxylic acids is 1. The van der Waals surface area contributed by atoms with Gasteiger partial charge in [-0.1, -0.05) is 0 Å². The highest BCUT2D eigenvalue weighted by Gasteiger charge is 2.24. The molecule has 2 N–H and O–H groups in total. The van der Waals surface area contributed by atoms with Gasteiger partial charge in [0.1, 0.15) is 0 Å².